The van der Waals surface area contributed by atoms with Gasteiger partial charge in [-0.3, -0.25) is 4.79 Å². The summed E-state index contributed by atoms with van der Waals surface area (Å²) in [6, 6.07) is 10.2. The van der Waals surface area contributed by atoms with Crippen molar-refractivity contribution in [2.24, 2.45) is 0 Å². The molecule has 0 radical (unpaired) electrons. The van der Waals surface area contributed by atoms with E-state index in [4.69, 9.17) is 15.1 Å². The van der Waals surface area contributed by atoms with Gasteiger partial charge < -0.3 is 15.1 Å². The Labute approximate surface area is 158 Å². The smallest absolute Gasteiger partial charge is 0.291 e. The van der Waals surface area contributed by atoms with Gasteiger partial charge in [0.25, 0.3) is 5.91 Å². The van der Waals surface area contributed by atoms with Crippen molar-refractivity contribution in [3.8, 4) is 11.3 Å². The minimum Gasteiger partial charge on any atom is -0.430 e. The summed E-state index contributed by atoms with van der Waals surface area (Å²) in [5, 5.41) is 0.854. The molecular formula is C22H23N3O2. The van der Waals surface area contributed by atoms with E-state index in [0.29, 0.717) is 11.4 Å². The third-order valence-electron chi connectivity index (χ3n) is 5.83. The molecule has 5 rings (SSSR count). The van der Waals surface area contributed by atoms with Gasteiger partial charge in [0.05, 0.1) is 16.8 Å². The Bertz CT molecular complexity index is 1020. The predicted molar refractivity (Wildman–Crippen MR) is 106 cm³/mol. The van der Waals surface area contributed by atoms with Gasteiger partial charge in [0.1, 0.15) is 0 Å². The average molecular weight is 361 g/mol. The number of benzene rings is 1. The summed E-state index contributed by atoms with van der Waals surface area (Å²) < 4.78 is 5.97. The van der Waals surface area contributed by atoms with E-state index >= 15 is 0 Å². The number of carbonyl (C=O) groups is 1. The standard InChI is InChI=1S/C22H23N3O2/c23-18-17-15-10-4-5-11-16(15)19(14-8-2-1-3-9-14)24-21(17)27-20(18)22(26)25-12-6-7-13-25/h1-3,8-9H,4-7,10-13,23H2. The quantitative estimate of drug-likeness (QED) is 0.743. The van der Waals surface area contributed by atoms with Crippen LogP contribution in [0.4, 0.5) is 5.69 Å². The summed E-state index contributed by atoms with van der Waals surface area (Å²) in [4.78, 5) is 19.5. The molecule has 2 aromatic heterocycles. The number of aryl methyl sites for hydroxylation is 1. The number of fused-ring (bicyclic) bond motifs is 3. The number of nitrogens with two attached hydrogens (primary N) is 1. The largest absolute Gasteiger partial charge is 0.430 e. The SMILES string of the molecule is Nc1c(C(=O)N2CCCC2)oc2nc(-c3ccccc3)c3c(c12)CCCC3. The second kappa shape index (κ2) is 6.41. The molecule has 1 aliphatic carbocycles. The number of hydrogen-bond donors (Lipinski definition) is 1. The minimum atomic E-state index is -0.103. The van der Waals surface area contributed by atoms with Gasteiger partial charge in [0.2, 0.25) is 11.5 Å². The summed E-state index contributed by atoms with van der Waals surface area (Å²) in [6.07, 6.45) is 6.30. The van der Waals surface area contributed by atoms with Crippen molar-refractivity contribution in [1.82, 2.24) is 9.88 Å². The van der Waals surface area contributed by atoms with Crippen molar-refractivity contribution < 1.29 is 9.21 Å². The molecule has 3 heterocycles. The number of nitrogen functional groups attached to an aromatic ring is 1. The van der Waals surface area contributed by atoms with Crippen LogP contribution in [0.3, 0.4) is 0 Å². The highest BCUT2D eigenvalue weighted by Crippen LogP contribution is 2.40. The van der Waals surface area contributed by atoms with Crippen molar-refractivity contribution in [2.45, 2.75) is 38.5 Å². The molecule has 1 aliphatic heterocycles. The summed E-state index contributed by atoms with van der Waals surface area (Å²) in [5.74, 6) is 0.159. The topological polar surface area (TPSA) is 72.4 Å². The van der Waals surface area contributed by atoms with Gasteiger partial charge in [-0.2, -0.15) is 0 Å². The Morgan fingerprint density at radius 3 is 2.44 bits per heavy atom. The Morgan fingerprint density at radius 1 is 1.00 bits per heavy atom. The second-order valence-corrected chi connectivity index (χ2v) is 7.51. The third-order valence-corrected chi connectivity index (χ3v) is 5.83. The normalized spacial score (nSPS) is 16.7. The Hall–Kier alpha value is -2.82. The molecule has 0 spiro atoms. The number of pyridine rings is 1. The molecule has 1 saturated heterocycles. The van der Waals surface area contributed by atoms with Crippen LogP contribution in [0.5, 0.6) is 0 Å². The number of amides is 1. The summed E-state index contributed by atoms with van der Waals surface area (Å²) in [6.45, 7) is 1.55. The fourth-order valence-electron chi connectivity index (χ4n) is 4.47. The number of likely N-dealkylation sites (tertiary alicyclic amines) is 1. The monoisotopic (exact) mass is 361 g/mol. The van der Waals surface area contributed by atoms with Gasteiger partial charge in [0, 0.05) is 18.7 Å². The van der Waals surface area contributed by atoms with Crippen molar-refractivity contribution >= 4 is 22.7 Å². The zero-order chi connectivity index (χ0) is 18.4. The molecule has 138 valence electrons. The van der Waals surface area contributed by atoms with Crippen molar-refractivity contribution in [3.05, 3.63) is 47.2 Å². The van der Waals surface area contributed by atoms with Crippen LogP contribution in [-0.2, 0) is 12.8 Å². The minimum absolute atomic E-state index is 0.103. The molecule has 1 amide bonds. The Balaban J connectivity index is 1.72. The number of aromatic nitrogens is 1. The van der Waals surface area contributed by atoms with E-state index in [-0.39, 0.29) is 11.7 Å². The number of nitrogens with zero attached hydrogens (tertiary/aromatic N) is 2. The Morgan fingerprint density at radius 2 is 1.70 bits per heavy atom. The van der Waals surface area contributed by atoms with E-state index < -0.39 is 0 Å². The van der Waals surface area contributed by atoms with Crippen LogP contribution in [-0.4, -0.2) is 28.9 Å². The lowest BCUT2D eigenvalue weighted by molar-refractivity contribution is 0.0764. The van der Waals surface area contributed by atoms with Crippen LogP contribution >= 0.6 is 0 Å². The lowest BCUT2D eigenvalue weighted by atomic mass is 9.87. The van der Waals surface area contributed by atoms with Crippen LogP contribution in [0.15, 0.2) is 34.7 Å². The van der Waals surface area contributed by atoms with Gasteiger partial charge in [-0.25, -0.2) is 4.98 Å². The van der Waals surface area contributed by atoms with E-state index in [2.05, 4.69) is 12.1 Å². The van der Waals surface area contributed by atoms with Crippen LogP contribution in [0, 0.1) is 0 Å². The maximum absolute atomic E-state index is 12.9. The predicted octanol–water partition coefficient (Wildman–Crippen LogP) is 4.19. The third kappa shape index (κ3) is 2.60. The zero-order valence-corrected chi connectivity index (χ0v) is 15.3. The lowest BCUT2D eigenvalue weighted by Crippen LogP contribution is -2.27. The first-order valence-electron chi connectivity index (χ1n) is 9.82. The molecule has 27 heavy (non-hydrogen) atoms. The first-order chi connectivity index (χ1) is 13.2. The van der Waals surface area contributed by atoms with Crippen LogP contribution in [0.2, 0.25) is 0 Å². The molecule has 0 saturated carbocycles. The second-order valence-electron chi connectivity index (χ2n) is 7.51. The summed E-state index contributed by atoms with van der Waals surface area (Å²) >= 11 is 0. The highest BCUT2D eigenvalue weighted by Gasteiger charge is 2.30. The van der Waals surface area contributed by atoms with Crippen molar-refractivity contribution in [2.75, 3.05) is 18.8 Å². The molecule has 3 aromatic rings. The van der Waals surface area contributed by atoms with Crippen LogP contribution in [0.25, 0.3) is 22.4 Å². The first kappa shape index (κ1) is 16.4. The summed E-state index contributed by atoms with van der Waals surface area (Å²) in [5.41, 5.74) is 11.9. The van der Waals surface area contributed by atoms with Crippen LogP contribution < -0.4 is 5.73 Å². The average Bonchev–Trinajstić information content (AvgIpc) is 3.36. The molecule has 2 N–H and O–H groups in total. The molecule has 1 aromatic carbocycles. The van der Waals surface area contributed by atoms with E-state index in [1.807, 2.05) is 23.1 Å². The molecular weight excluding hydrogens is 338 g/mol. The molecule has 5 heteroatoms. The number of furan rings is 1. The fourth-order valence-corrected chi connectivity index (χ4v) is 4.47. The number of anilines is 1. The molecule has 2 aliphatic rings. The van der Waals surface area contributed by atoms with Gasteiger partial charge in [-0.1, -0.05) is 30.3 Å². The number of carbonyl (C=O) groups excluding carboxylic acids is 1. The van der Waals surface area contributed by atoms with E-state index in [0.717, 1.165) is 68.3 Å². The molecule has 0 unspecified atom stereocenters. The van der Waals surface area contributed by atoms with Gasteiger partial charge in [-0.05, 0) is 49.7 Å². The first-order valence-corrected chi connectivity index (χ1v) is 9.82. The molecule has 0 atom stereocenters. The maximum atomic E-state index is 12.9. The highest BCUT2D eigenvalue weighted by atomic mass is 16.4. The number of hydrogen-bond acceptors (Lipinski definition) is 4. The van der Waals surface area contributed by atoms with E-state index in [9.17, 15) is 4.79 Å². The lowest BCUT2D eigenvalue weighted by Gasteiger charge is -2.19. The highest BCUT2D eigenvalue weighted by molar-refractivity contribution is 6.06. The van der Waals surface area contributed by atoms with Crippen LogP contribution in [0.1, 0.15) is 47.4 Å². The molecule has 1 fully saturated rings. The van der Waals surface area contributed by atoms with E-state index in [1.54, 1.807) is 0 Å². The Kier molecular flexibility index (Phi) is 3.88. The molecule has 5 nitrogen and oxygen atoms in total. The van der Waals surface area contributed by atoms with Gasteiger partial charge in [-0.15, -0.1) is 0 Å². The number of rotatable bonds is 2. The van der Waals surface area contributed by atoms with Crippen molar-refractivity contribution in [1.29, 1.82) is 0 Å². The maximum Gasteiger partial charge on any atom is 0.291 e. The molecule has 0 bridgehead atoms. The van der Waals surface area contributed by atoms with Gasteiger partial charge >= 0.3 is 0 Å². The summed E-state index contributed by atoms with van der Waals surface area (Å²) in [7, 11) is 0. The van der Waals surface area contributed by atoms with E-state index in [1.165, 1.54) is 11.1 Å². The van der Waals surface area contributed by atoms with Crippen molar-refractivity contribution in [3.63, 3.8) is 0 Å². The zero-order valence-electron chi connectivity index (χ0n) is 15.3. The fraction of sp³-hybridized carbons (Fsp3) is 0.364. The van der Waals surface area contributed by atoms with Gasteiger partial charge in [0.15, 0.2) is 0 Å².